The monoisotopic (exact) mass is 156 g/mol. The lowest BCUT2D eigenvalue weighted by molar-refractivity contribution is 0.00303. The van der Waals surface area contributed by atoms with Gasteiger partial charge in [-0.15, -0.1) is 0 Å². The molecule has 2 saturated carbocycles. The van der Waals surface area contributed by atoms with Gasteiger partial charge in [0.1, 0.15) is 0 Å². The van der Waals surface area contributed by atoms with Crippen molar-refractivity contribution in [2.45, 2.75) is 56.1 Å². The smallest absolute Gasteiger partial charge is 0.0962 e. The molecule has 2 rings (SSSR count). The van der Waals surface area contributed by atoms with Crippen molar-refractivity contribution in [1.29, 1.82) is 0 Å². The quantitative estimate of drug-likeness (QED) is 0.553. The molecule has 0 amide bonds. The molecule has 11 heavy (non-hydrogen) atoms. The lowest BCUT2D eigenvalue weighted by Gasteiger charge is -2.19. The van der Waals surface area contributed by atoms with E-state index in [1.54, 1.807) is 0 Å². The summed E-state index contributed by atoms with van der Waals surface area (Å²) in [5.41, 5.74) is -1.37. The van der Waals surface area contributed by atoms with E-state index in [9.17, 15) is 10.2 Å². The fourth-order valence-corrected chi connectivity index (χ4v) is 2.27. The van der Waals surface area contributed by atoms with E-state index in [1.165, 1.54) is 12.8 Å². The molecule has 2 aliphatic rings. The molecule has 0 spiro atoms. The molecule has 2 nitrogen and oxygen atoms in total. The topological polar surface area (TPSA) is 40.5 Å². The largest absolute Gasteiger partial charge is 0.387 e. The van der Waals surface area contributed by atoms with Crippen LogP contribution in [0.1, 0.15) is 44.9 Å². The van der Waals surface area contributed by atoms with Crippen LogP contribution in [-0.4, -0.2) is 21.4 Å². The summed E-state index contributed by atoms with van der Waals surface area (Å²) in [6, 6.07) is 0. The Morgan fingerprint density at radius 2 is 1.18 bits per heavy atom. The van der Waals surface area contributed by atoms with Crippen LogP contribution in [0.4, 0.5) is 0 Å². The van der Waals surface area contributed by atoms with E-state index in [2.05, 4.69) is 0 Å². The zero-order valence-electron chi connectivity index (χ0n) is 6.84. The first-order valence-corrected chi connectivity index (χ1v) is 4.61. The van der Waals surface area contributed by atoms with E-state index in [1.807, 2.05) is 0 Å². The van der Waals surface area contributed by atoms with Gasteiger partial charge in [-0.1, -0.05) is 25.7 Å². The molecule has 0 saturated heterocycles. The summed E-state index contributed by atoms with van der Waals surface area (Å²) in [6.07, 6.45) is 6.85. The Labute approximate surface area is 67.2 Å². The molecule has 2 fully saturated rings. The first-order chi connectivity index (χ1) is 5.16. The maximum atomic E-state index is 9.76. The van der Waals surface area contributed by atoms with Gasteiger partial charge < -0.3 is 10.2 Å². The van der Waals surface area contributed by atoms with Gasteiger partial charge in [0.2, 0.25) is 0 Å². The average molecular weight is 156 g/mol. The highest BCUT2D eigenvalue weighted by Crippen LogP contribution is 2.54. The molecule has 0 heterocycles. The van der Waals surface area contributed by atoms with Crippen molar-refractivity contribution in [3.63, 3.8) is 0 Å². The first kappa shape index (κ1) is 7.56. The molecular formula is C9H16O2. The molecule has 2 heteroatoms. The maximum Gasteiger partial charge on any atom is 0.0962 e. The molecule has 0 unspecified atom stereocenters. The second kappa shape index (κ2) is 2.20. The number of hydrogen-bond donors (Lipinski definition) is 2. The van der Waals surface area contributed by atoms with Gasteiger partial charge in [0.05, 0.1) is 11.2 Å². The molecule has 0 bridgehead atoms. The van der Waals surface area contributed by atoms with E-state index in [0.717, 1.165) is 25.7 Å². The van der Waals surface area contributed by atoms with Gasteiger partial charge in [0, 0.05) is 6.42 Å². The van der Waals surface area contributed by atoms with Gasteiger partial charge in [0.15, 0.2) is 0 Å². The van der Waals surface area contributed by atoms with Gasteiger partial charge in [-0.3, -0.25) is 0 Å². The van der Waals surface area contributed by atoms with Crippen LogP contribution in [0.2, 0.25) is 0 Å². The molecule has 2 atom stereocenters. The molecule has 0 aromatic heterocycles. The highest BCUT2D eigenvalue weighted by molar-refractivity contribution is 5.17. The molecule has 2 aliphatic carbocycles. The molecular weight excluding hydrogens is 140 g/mol. The van der Waals surface area contributed by atoms with Crippen molar-refractivity contribution in [2.75, 3.05) is 0 Å². The predicted octanol–water partition coefficient (Wildman–Crippen LogP) is 1.21. The Hall–Kier alpha value is -0.0800. The molecule has 0 radical (unpaired) electrons. The minimum absolute atomic E-state index is 0.625. The van der Waals surface area contributed by atoms with Gasteiger partial charge in [-0.2, -0.15) is 0 Å². The summed E-state index contributed by atoms with van der Waals surface area (Å²) in [5.74, 6) is 0. The normalized spacial score (nSPS) is 50.7. The predicted molar refractivity (Wildman–Crippen MR) is 42.2 cm³/mol. The molecule has 0 aromatic rings. The third-order valence-electron chi connectivity index (χ3n) is 3.26. The van der Waals surface area contributed by atoms with Crippen molar-refractivity contribution in [1.82, 2.24) is 0 Å². The molecule has 0 aromatic carbocycles. The number of fused-ring (bicyclic) bond motifs is 1. The maximum absolute atomic E-state index is 9.76. The number of hydrogen-bond acceptors (Lipinski definition) is 2. The summed E-state index contributed by atoms with van der Waals surface area (Å²) in [4.78, 5) is 0. The second-order valence-corrected chi connectivity index (χ2v) is 4.15. The Morgan fingerprint density at radius 1 is 0.727 bits per heavy atom. The second-order valence-electron chi connectivity index (χ2n) is 4.15. The minimum atomic E-state index is -0.687. The lowest BCUT2D eigenvalue weighted by atomic mass is 9.96. The van der Waals surface area contributed by atoms with Crippen molar-refractivity contribution < 1.29 is 10.2 Å². The number of aliphatic hydroxyl groups is 2. The summed E-state index contributed by atoms with van der Waals surface area (Å²) in [7, 11) is 0. The Balaban J connectivity index is 2.03. The summed E-state index contributed by atoms with van der Waals surface area (Å²) >= 11 is 0. The van der Waals surface area contributed by atoms with Gasteiger partial charge in [-0.25, -0.2) is 0 Å². The van der Waals surface area contributed by atoms with Crippen LogP contribution in [0.3, 0.4) is 0 Å². The number of rotatable bonds is 0. The van der Waals surface area contributed by atoms with Crippen LogP contribution in [0.25, 0.3) is 0 Å². The van der Waals surface area contributed by atoms with Crippen molar-refractivity contribution in [3.8, 4) is 0 Å². The third-order valence-corrected chi connectivity index (χ3v) is 3.26. The van der Waals surface area contributed by atoms with E-state index in [-0.39, 0.29) is 0 Å². The van der Waals surface area contributed by atoms with Crippen molar-refractivity contribution >= 4 is 0 Å². The standard InChI is InChI=1S/C9H16O2/c10-8-5-3-1-2-4-6-9(8,11)7-8/h10-11H,1-7H2/t8-,9+. The third kappa shape index (κ3) is 1.09. The molecule has 0 aliphatic heterocycles. The summed E-state index contributed by atoms with van der Waals surface area (Å²) in [5, 5.41) is 19.5. The average Bonchev–Trinajstić information content (AvgIpc) is 2.39. The van der Waals surface area contributed by atoms with E-state index in [4.69, 9.17) is 0 Å². The van der Waals surface area contributed by atoms with E-state index < -0.39 is 11.2 Å². The van der Waals surface area contributed by atoms with Crippen LogP contribution in [0, 0.1) is 0 Å². The first-order valence-electron chi connectivity index (χ1n) is 4.61. The van der Waals surface area contributed by atoms with Gasteiger partial charge >= 0.3 is 0 Å². The Morgan fingerprint density at radius 3 is 1.64 bits per heavy atom. The fourth-order valence-electron chi connectivity index (χ4n) is 2.27. The van der Waals surface area contributed by atoms with Crippen molar-refractivity contribution in [2.24, 2.45) is 0 Å². The molecule has 64 valence electrons. The minimum Gasteiger partial charge on any atom is -0.387 e. The summed E-state index contributed by atoms with van der Waals surface area (Å²) < 4.78 is 0. The SMILES string of the molecule is O[C@@]12CCCCCC[C@]1(O)C2. The highest BCUT2D eigenvalue weighted by Gasteiger charge is 2.65. The van der Waals surface area contributed by atoms with E-state index in [0.29, 0.717) is 6.42 Å². The van der Waals surface area contributed by atoms with Crippen LogP contribution in [-0.2, 0) is 0 Å². The van der Waals surface area contributed by atoms with Crippen LogP contribution >= 0.6 is 0 Å². The zero-order chi connectivity index (χ0) is 7.95. The Kier molecular flexibility index (Phi) is 1.52. The fraction of sp³-hybridized carbons (Fsp3) is 1.00. The molecule has 2 N–H and O–H groups in total. The summed E-state index contributed by atoms with van der Waals surface area (Å²) in [6.45, 7) is 0. The van der Waals surface area contributed by atoms with E-state index >= 15 is 0 Å². The van der Waals surface area contributed by atoms with Crippen LogP contribution in [0.15, 0.2) is 0 Å². The lowest BCUT2D eigenvalue weighted by Crippen LogP contribution is -2.26. The van der Waals surface area contributed by atoms with Crippen LogP contribution in [0.5, 0.6) is 0 Å². The van der Waals surface area contributed by atoms with Gasteiger partial charge in [-0.05, 0) is 12.8 Å². The van der Waals surface area contributed by atoms with Crippen molar-refractivity contribution in [3.05, 3.63) is 0 Å². The highest BCUT2D eigenvalue weighted by atomic mass is 16.4. The van der Waals surface area contributed by atoms with Crippen LogP contribution < -0.4 is 0 Å². The van der Waals surface area contributed by atoms with Gasteiger partial charge in [0.25, 0.3) is 0 Å². The zero-order valence-corrected chi connectivity index (χ0v) is 6.84. The Bertz CT molecular complexity index is 151.